The van der Waals surface area contributed by atoms with Crippen LogP contribution in [0.25, 0.3) is 0 Å². The first-order chi connectivity index (χ1) is 13.5. The number of fused-ring (bicyclic) bond motifs is 1. The van der Waals surface area contributed by atoms with Gasteiger partial charge in [-0.2, -0.15) is 0 Å². The van der Waals surface area contributed by atoms with E-state index in [0.717, 1.165) is 5.56 Å². The fourth-order valence-corrected chi connectivity index (χ4v) is 4.12. The van der Waals surface area contributed by atoms with E-state index in [4.69, 9.17) is 9.47 Å². The van der Waals surface area contributed by atoms with Gasteiger partial charge in [0, 0.05) is 0 Å². The molecule has 2 atom stereocenters. The van der Waals surface area contributed by atoms with Crippen LogP contribution in [0.15, 0.2) is 65.8 Å². The van der Waals surface area contributed by atoms with Crippen LogP contribution in [0.1, 0.15) is 25.5 Å². The van der Waals surface area contributed by atoms with Gasteiger partial charge in [0.2, 0.25) is 5.91 Å². The van der Waals surface area contributed by atoms with Crippen molar-refractivity contribution in [2.45, 2.75) is 25.1 Å². The molecule has 2 unspecified atom stereocenters. The van der Waals surface area contributed by atoms with Gasteiger partial charge < -0.3 is 9.47 Å². The number of hydrogen-bond acceptors (Lipinski definition) is 6. The topological polar surface area (TPSA) is 68.2 Å². The molecule has 0 radical (unpaired) electrons. The zero-order valence-corrected chi connectivity index (χ0v) is 16.7. The number of carbonyl (C=O) groups is 2. The fourth-order valence-electron chi connectivity index (χ4n) is 3.09. The summed E-state index contributed by atoms with van der Waals surface area (Å²) < 4.78 is 10.8. The van der Waals surface area contributed by atoms with Gasteiger partial charge in [-0.25, -0.2) is 9.79 Å². The van der Waals surface area contributed by atoms with E-state index in [0.29, 0.717) is 28.8 Å². The minimum Gasteiger partial charge on any atom is -0.490 e. The van der Waals surface area contributed by atoms with Crippen molar-refractivity contribution in [3.8, 4) is 5.75 Å². The molecule has 7 heteroatoms. The Bertz CT molecular complexity index is 873. The van der Waals surface area contributed by atoms with Crippen LogP contribution in [0.2, 0.25) is 0 Å². The van der Waals surface area contributed by atoms with Crippen molar-refractivity contribution in [2.24, 2.45) is 4.99 Å². The third kappa shape index (κ3) is 3.75. The molecule has 1 saturated heterocycles. The van der Waals surface area contributed by atoms with E-state index in [2.05, 4.69) is 18.2 Å². The number of benzene rings is 1. The molecule has 0 saturated carbocycles. The number of esters is 1. The molecule has 0 bridgehead atoms. The molecular formula is C21H22N2O4S. The summed E-state index contributed by atoms with van der Waals surface area (Å²) in [5.41, 5.74) is 1.69. The first-order valence-electron chi connectivity index (χ1n) is 8.88. The second kappa shape index (κ2) is 8.48. The highest BCUT2D eigenvalue weighted by Crippen LogP contribution is 2.43. The molecule has 1 fully saturated rings. The molecule has 0 spiro atoms. The number of thioether (sulfide) groups is 1. The van der Waals surface area contributed by atoms with Crippen LogP contribution < -0.4 is 4.74 Å². The van der Waals surface area contributed by atoms with E-state index >= 15 is 0 Å². The Kier molecular flexibility index (Phi) is 6.04. The number of carbonyl (C=O) groups excluding carboxylic acids is 2. The maximum absolute atomic E-state index is 12.8. The SMILES string of the molecule is C=CCOC(=O)C1=C(C)N=C2SC(C)C(=O)N2C1c1ccc(OCC=C)cc1. The lowest BCUT2D eigenvalue weighted by molar-refractivity contribution is -0.139. The van der Waals surface area contributed by atoms with Gasteiger partial charge in [-0.05, 0) is 31.5 Å². The van der Waals surface area contributed by atoms with Crippen LogP contribution in [0.4, 0.5) is 0 Å². The van der Waals surface area contributed by atoms with Gasteiger partial charge in [-0.3, -0.25) is 9.69 Å². The Labute approximate surface area is 168 Å². The van der Waals surface area contributed by atoms with Gasteiger partial charge in [0.15, 0.2) is 5.17 Å². The number of hydrogen-bond donors (Lipinski definition) is 0. The molecule has 0 aromatic heterocycles. The molecule has 28 heavy (non-hydrogen) atoms. The molecule has 2 aliphatic rings. The smallest absolute Gasteiger partial charge is 0.338 e. The quantitative estimate of drug-likeness (QED) is 0.518. The molecule has 1 aromatic carbocycles. The van der Waals surface area contributed by atoms with Crippen LogP contribution in [0, 0.1) is 0 Å². The van der Waals surface area contributed by atoms with Crippen LogP contribution in [0.3, 0.4) is 0 Å². The minimum absolute atomic E-state index is 0.0812. The summed E-state index contributed by atoms with van der Waals surface area (Å²) in [6, 6.07) is 6.72. The summed E-state index contributed by atoms with van der Waals surface area (Å²) in [4.78, 5) is 31.7. The summed E-state index contributed by atoms with van der Waals surface area (Å²) >= 11 is 1.39. The molecule has 2 aliphatic heterocycles. The Morgan fingerprint density at radius 1 is 1.25 bits per heavy atom. The van der Waals surface area contributed by atoms with E-state index in [9.17, 15) is 9.59 Å². The van der Waals surface area contributed by atoms with E-state index < -0.39 is 12.0 Å². The standard InChI is InChI=1S/C21H22N2O4S/c1-5-11-26-16-9-7-15(8-10-16)18-17(20(25)27-12-6-2)13(3)22-21-23(18)19(24)14(4)28-21/h5-10,14,18H,1-2,11-12H2,3-4H3. The molecule has 146 valence electrons. The number of rotatable bonds is 7. The van der Waals surface area contributed by atoms with Gasteiger partial charge in [-0.1, -0.05) is 49.2 Å². The van der Waals surface area contributed by atoms with Crippen molar-refractivity contribution in [2.75, 3.05) is 13.2 Å². The summed E-state index contributed by atoms with van der Waals surface area (Å²) in [6.07, 6.45) is 3.17. The van der Waals surface area contributed by atoms with Crippen molar-refractivity contribution in [1.82, 2.24) is 4.90 Å². The van der Waals surface area contributed by atoms with E-state index in [1.165, 1.54) is 17.8 Å². The fraction of sp³-hybridized carbons (Fsp3) is 0.286. The lowest BCUT2D eigenvalue weighted by Crippen LogP contribution is -2.40. The number of allylic oxidation sites excluding steroid dienone is 1. The van der Waals surface area contributed by atoms with Gasteiger partial charge in [0.25, 0.3) is 0 Å². The van der Waals surface area contributed by atoms with E-state index in [1.807, 2.05) is 31.2 Å². The molecule has 3 rings (SSSR count). The number of ether oxygens (including phenoxy) is 2. The lowest BCUT2D eigenvalue weighted by Gasteiger charge is -2.33. The maximum atomic E-state index is 12.8. The second-order valence-corrected chi connectivity index (χ2v) is 7.63. The maximum Gasteiger partial charge on any atom is 0.338 e. The highest BCUT2D eigenvalue weighted by molar-refractivity contribution is 8.15. The zero-order chi connectivity index (χ0) is 20.3. The van der Waals surface area contributed by atoms with Crippen molar-refractivity contribution in [3.05, 3.63) is 66.4 Å². The molecule has 0 N–H and O–H groups in total. The first kappa shape index (κ1) is 19.9. The number of amides is 1. The monoisotopic (exact) mass is 398 g/mol. The van der Waals surface area contributed by atoms with E-state index in [1.54, 1.807) is 17.9 Å². The first-order valence-corrected chi connectivity index (χ1v) is 9.76. The summed E-state index contributed by atoms with van der Waals surface area (Å²) in [5.74, 6) is 0.0946. The highest BCUT2D eigenvalue weighted by Gasteiger charge is 2.46. The molecule has 6 nitrogen and oxygen atoms in total. The number of aliphatic imine (C=N–C) groups is 1. The minimum atomic E-state index is -0.594. The highest BCUT2D eigenvalue weighted by atomic mass is 32.2. The van der Waals surface area contributed by atoms with Gasteiger partial charge >= 0.3 is 5.97 Å². The van der Waals surface area contributed by atoms with Gasteiger partial charge in [0.05, 0.1) is 22.6 Å². The molecule has 0 aliphatic carbocycles. The number of amidine groups is 1. The molecular weight excluding hydrogens is 376 g/mol. The normalized spacial score (nSPS) is 21.1. The van der Waals surface area contributed by atoms with Crippen LogP contribution >= 0.6 is 11.8 Å². The van der Waals surface area contributed by atoms with Crippen molar-refractivity contribution in [3.63, 3.8) is 0 Å². The summed E-state index contributed by atoms with van der Waals surface area (Å²) in [5, 5.41) is 0.347. The average Bonchev–Trinajstić information content (AvgIpc) is 2.97. The predicted octanol–water partition coefficient (Wildman–Crippen LogP) is 3.63. The molecule has 2 heterocycles. The van der Waals surface area contributed by atoms with Crippen LogP contribution in [-0.4, -0.2) is 40.4 Å². The van der Waals surface area contributed by atoms with Gasteiger partial charge in [0.1, 0.15) is 19.0 Å². The summed E-state index contributed by atoms with van der Waals surface area (Å²) in [6.45, 7) is 11.3. The third-order valence-electron chi connectivity index (χ3n) is 4.37. The Balaban J connectivity index is 2.02. The Morgan fingerprint density at radius 3 is 2.57 bits per heavy atom. The molecule has 1 amide bonds. The van der Waals surface area contributed by atoms with Crippen molar-refractivity contribution in [1.29, 1.82) is 0 Å². The van der Waals surface area contributed by atoms with Crippen molar-refractivity contribution < 1.29 is 19.1 Å². The third-order valence-corrected chi connectivity index (χ3v) is 5.43. The van der Waals surface area contributed by atoms with Gasteiger partial charge in [-0.15, -0.1) is 0 Å². The largest absolute Gasteiger partial charge is 0.490 e. The lowest BCUT2D eigenvalue weighted by atomic mass is 9.94. The summed E-state index contributed by atoms with van der Waals surface area (Å²) in [7, 11) is 0. The Morgan fingerprint density at radius 2 is 1.93 bits per heavy atom. The average molecular weight is 398 g/mol. The van der Waals surface area contributed by atoms with Crippen LogP contribution in [0.5, 0.6) is 5.75 Å². The second-order valence-electron chi connectivity index (χ2n) is 6.32. The zero-order valence-electron chi connectivity index (χ0n) is 15.9. The Hall–Kier alpha value is -2.80. The van der Waals surface area contributed by atoms with Crippen molar-refractivity contribution >= 4 is 28.8 Å². The van der Waals surface area contributed by atoms with E-state index in [-0.39, 0.29) is 17.8 Å². The number of nitrogens with zero attached hydrogens (tertiary/aromatic N) is 2. The van der Waals surface area contributed by atoms with Crippen LogP contribution in [-0.2, 0) is 14.3 Å². The molecule has 1 aromatic rings. The predicted molar refractivity (Wildman–Crippen MR) is 110 cm³/mol.